The van der Waals surface area contributed by atoms with Crippen LogP contribution >= 0.6 is 0 Å². The summed E-state index contributed by atoms with van der Waals surface area (Å²) in [5, 5.41) is 0. The van der Waals surface area contributed by atoms with Gasteiger partial charge in [-0.15, -0.1) is 0 Å². The van der Waals surface area contributed by atoms with E-state index >= 15 is 0 Å². The molecule has 1 heterocycles. The third kappa shape index (κ3) is 3.30. The summed E-state index contributed by atoms with van der Waals surface area (Å²) in [6.07, 6.45) is 1.90. The molecular formula is C16H26N2O2S. The lowest BCUT2D eigenvalue weighted by Gasteiger charge is -2.33. The van der Waals surface area contributed by atoms with Crippen LogP contribution in [0.15, 0.2) is 23.1 Å². The van der Waals surface area contributed by atoms with E-state index in [0.717, 1.165) is 24.0 Å². The highest BCUT2D eigenvalue weighted by atomic mass is 32.2. The summed E-state index contributed by atoms with van der Waals surface area (Å²) in [4.78, 5) is 0.411. The number of rotatable bonds is 4. The van der Waals surface area contributed by atoms with Gasteiger partial charge in [-0.05, 0) is 48.8 Å². The van der Waals surface area contributed by atoms with Gasteiger partial charge in [0.25, 0.3) is 0 Å². The van der Waals surface area contributed by atoms with Crippen LogP contribution in [0.1, 0.15) is 37.8 Å². The average molecular weight is 310 g/mol. The first-order chi connectivity index (χ1) is 9.87. The fourth-order valence-electron chi connectivity index (χ4n) is 3.08. The molecule has 1 fully saturated rings. The van der Waals surface area contributed by atoms with Gasteiger partial charge in [0.15, 0.2) is 0 Å². The quantitative estimate of drug-likeness (QED) is 0.929. The molecule has 0 aliphatic carbocycles. The molecule has 2 rings (SSSR count). The third-order valence-electron chi connectivity index (χ3n) is 4.68. The molecule has 0 aromatic heterocycles. The highest BCUT2D eigenvalue weighted by molar-refractivity contribution is 7.89. The maximum Gasteiger partial charge on any atom is 0.243 e. The normalized spacial score (nSPS) is 18.3. The Hall–Kier alpha value is -0.910. The van der Waals surface area contributed by atoms with E-state index in [0.29, 0.717) is 36.4 Å². The molecule has 1 aromatic rings. The highest BCUT2D eigenvalue weighted by Gasteiger charge is 2.31. The summed E-state index contributed by atoms with van der Waals surface area (Å²) < 4.78 is 27.3. The minimum Gasteiger partial charge on any atom is -0.326 e. The zero-order valence-electron chi connectivity index (χ0n) is 13.2. The molecule has 0 saturated carbocycles. The topological polar surface area (TPSA) is 63.4 Å². The van der Waals surface area contributed by atoms with E-state index in [2.05, 4.69) is 13.8 Å². The summed E-state index contributed by atoms with van der Waals surface area (Å²) in [6.45, 7) is 7.88. The first-order valence-electron chi connectivity index (χ1n) is 7.66. The minimum atomic E-state index is -3.40. The van der Waals surface area contributed by atoms with Crippen molar-refractivity contribution in [1.82, 2.24) is 4.31 Å². The molecule has 0 unspecified atom stereocenters. The van der Waals surface area contributed by atoms with Crippen molar-refractivity contribution in [3.8, 4) is 0 Å². The molecule has 1 aliphatic heterocycles. The summed E-state index contributed by atoms with van der Waals surface area (Å²) in [5.74, 6) is 1.25. The van der Waals surface area contributed by atoms with Crippen LogP contribution < -0.4 is 5.73 Å². The number of hydrogen-bond donors (Lipinski definition) is 1. The second-order valence-corrected chi connectivity index (χ2v) is 8.14. The lowest BCUT2D eigenvalue weighted by atomic mass is 9.87. The van der Waals surface area contributed by atoms with E-state index in [-0.39, 0.29) is 0 Å². The van der Waals surface area contributed by atoms with Crippen LogP contribution in [0.25, 0.3) is 0 Å². The standard InChI is InChI=1S/C16H26N2O2S/c1-12(2)14-7-9-18(10-8-14)21(19,20)16-6-4-5-15(11-17)13(16)3/h4-6,12,14H,7-11,17H2,1-3H3. The van der Waals surface area contributed by atoms with E-state index in [9.17, 15) is 8.42 Å². The molecule has 0 bridgehead atoms. The van der Waals surface area contributed by atoms with Gasteiger partial charge in [-0.2, -0.15) is 4.31 Å². The van der Waals surface area contributed by atoms with E-state index in [1.54, 1.807) is 16.4 Å². The Morgan fingerprint density at radius 2 is 1.90 bits per heavy atom. The van der Waals surface area contributed by atoms with Crippen molar-refractivity contribution < 1.29 is 8.42 Å². The second-order valence-electron chi connectivity index (χ2n) is 6.23. The zero-order chi connectivity index (χ0) is 15.6. The van der Waals surface area contributed by atoms with E-state index in [1.807, 2.05) is 13.0 Å². The maximum absolute atomic E-state index is 12.8. The number of benzene rings is 1. The van der Waals surface area contributed by atoms with E-state index in [4.69, 9.17) is 5.73 Å². The zero-order valence-corrected chi connectivity index (χ0v) is 14.0. The van der Waals surface area contributed by atoms with Crippen molar-refractivity contribution in [1.29, 1.82) is 0 Å². The summed E-state index contributed by atoms with van der Waals surface area (Å²) >= 11 is 0. The SMILES string of the molecule is Cc1c(CN)cccc1S(=O)(=O)N1CCC(C(C)C)CC1. The lowest BCUT2D eigenvalue weighted by molar-refractivity contribution is 0.226. The Labute approximate surface area is 128 Å². The van der Waals surface area contributed by atoms with Crippen LogP contribution in [0, 0.1) is 18.8 Å². The maximum atomic E-state index is 12.8. The van der Waals surface area contributed by atoms with E-state index in [1.165, 1.54) is 0 Å². The van der Waals surface area contributed by atoms with Crippen molar-refractivity contribution in [2.24, 2.45) is 17.6 Å². The van der Waals surface area contributed by atoms with Gasteiger partial charge in [-0.25, -0.2) is 8.42 Å². The van der Waals surface area contributed by atoms with Crippen LogP contribution in [0.3, 0.4) is 0 Å². The molecule has 0 radical (unpaired) electrons. The van der Waals surface area contributed by atoms with Crippen LogP contribution in [-0.2, 0) is 16.6 Å². The largest absolute Gasteiger partial charge is 0.326 e. The molecular weight excluding hydrogens is 284 g/mol. The highest BCUT2D eigenvalue weighted by Crippen LogP contribution is 2.29. The van der Waals surface area contributed by atoms with Gasteiger partial charge in [0, 0.05) is 19.6 Å². The fourth-order valence-corrected chi connectivity index (χ4v) is 4.82. The van der Waals surface area contributed by atoms with Gasteiger partial charge >= 0.3 is 0 Å². The minimum absolute atomic E-state index is 0.366. The number of hydrogen-bond acceptors (Lipinski definition) is 3. The number of nitrogens with two attached hydrogens (primary N) is 1. The number of nitrogens with zero attached hydrogens (tertiary/aromatic N) is 1. The molecule has 5 heteroatoms. The molecule has 118 valence electrons. The average Bonchev–Trinajstić information content (AvgIpc) is 2.47. The molecule has 0 amide bonds. The predicted molar refractivity (Wildman–Crippen MR) is 85.4 cm³/mol. The number of sulfonamides is 1. The molecule has 21 heavy (non-hydrogen) atoms. The molecule has 2 N–H and O–H groups in total. The summed E-state index contributed by atoms with van der Waals surface area (Å²) in [7, 11) is -3.40. The van der Waals surface area contributed by atoms with Crippen LogP contribution in [0.5, 0.6) is 0 Å². The lowest BCUT2D eigenvalue weighted by Crippen LogP contribution is -2.39. The van der Waals surface area contributed by atoms with Gasteiger partial charge in [-0.3, -0.25) is 0 Å². The van der Waals surface area contributed by atoms with Crippen molar-refractivity contribution >= 4 is 10.0 Å². The Kier molecular flexibility index (Phi) is 5.07. The van der Waals surface area contributed by atoms with Crippen molar-refractivity contribution in [3.05, 3.63) is 29.3 Å². The molecule has 1 saturated heterocycles. The van der Waals surface area contributed by atoms with Crippen LogP contribution in [0.4, 0.5) is 0 Å². The third-order valence-corrected chi connectivity index (χ3v) is 6.72. The second kappa shape index (κ2) is 6.46. The summed E-state index contributed by atoms with van der Waals surface area (Å²) in [5.41, 5.74) is 7.36. The summed E-state index contributed by atoms with van der Waals surface area (Å²) in [6, 6.07) is 5.36. The first kappa shape index (κ1) is 16.5. The Morgan fingerprint density at radius 3 is 2.43 bits per heavy atom. The molecule has 1 aliphatic rings. The monoisotopic (exact) mass is 310 g/mol. The first-order valence-corrected chi connectivity index (χ1v) is 9.10. The Bertz CT molecular complexity index is 588. The van der Waals surface area contributed by atoms with Crippen molar-refractivity contribution in [2.75, 3.05) is 13.1 Å². The Balaban J connectivity index is 2.24. The van der Waals surface area contributed by atoms with Gasteiger partial charge < -0.3 is 5.73 Å². The van der Waals surface area contributed by atoms with Gasteiger partial charge in [0.05, 0.1) is 4.90 Å². The van der Waals surface area contributed by atoms with Crippen molar-refractivity contribution in [2.45, 2.75) is 45.1 Å². The molecule has 0 spiro atoms. The predicted octanol–water partition coefficient (Wildman–Crippen LogP) is 2.51. The molecule has 1 aromatic carbocycles. The van der Waals surface area contributed by atoms with Gasteiger partial charge in [0.2, 0.25) is 10.0 Å². The van der Waals surface area contributed by atoms with Gasteiger partial charge in [0.1, 0.15) is 0 Å². The van der Waals surface area contributed by atoms with Crippen LogP contribution in [0.2, 0.25) is 0 Å². The van der Waals surface area contributed by atoms with Gasteiger partial charge in [-0.1, -0.05) is 26.0 Å². The molecule has 4 nitrogen and oxygen atoms in total. The number of piperidine rings is 1. The van der Waals surface area contributed by atoms with Crippen molar-refractivity contribution in [3.63, 3.8) is 0 Å². The molecule has 0 atom stereocenters. The Morgan fingerprint density at radius 1 is 1.29 bits per heavy atom. The van der Waals surface area contributed by atoms with E-state index < -0.39 is 10.0 Å². The smallest absolute Gasteiger partial charge is 0.243 e. The van der Waals surface area contributed by atoms with Crippen LogP contribution in [-0.4, -0.2) is 25.8 Å². The fraction of sp³-hybridized carbons (Fsp3) is 0.625.